The minimum absolute atomic E-state index is 0.105. The summed E-state index contributed by atoms with van der Waals surface area (Å²) >= 11 is 1.45. The number of hydrogen-bond acceptors (Lipinski definition) is 5. The first-order chi connectivity index (χ1) is 10.3. The zero-order valence-corrected chi connectivity index (χ0v) is 13.1. The Bertz CT molecular complexity index is 466. The minimum Gasteiger partial charge on any atom is -0.353 e. The quantitative estimate of drug-likeness (QED) is 0.845. The Kier molecular flexibility index (Phi) is 5.11. The lowest BCUT2D eigenvalue weighted by Crippen LogP contribution is -2.37. The number of nitrogens with one attached hydrogen (secondary N) is 1. The Balaban J connectivity index is 1.48. The summed E-state index contributed by atoms with van der Waals surface area (Å²) < 4.78 is 1.91. The van der Waals surface area contributed by atoms with Crippen LogP contribution < -0.4 is 5.32 Å². The van der Waals surface area contributed by atoms with Crippen LogP contribution in [0.2, 0.25) is 0 Å². The van der Waals surface area contributed by atoms with E-state index in [2.05, 4.69) is 20.8 Å². The van der Waals surface area contributed by atoms with Crippen molar-refractivity contribution in [1.82, 2.24) is 25.5 Å². The smallest absolute Gasteiger partial charge is 0.230 e. The van der Waals surface area contributed by atoms with Gasteiger partial charge < -0.3 is 5.32 Å². The summed E-state index contributed by atoms with van der Waals surface area (Å²) in [5.74, 6) is 0.511. The van der Waals surface area contributed by atoms with E-state index in [1.165, 1.54) is 43.9 Å². The molecular formula is C14H23N5OS. The molecule has 116 valence electrons. The van der Waals surface area contributed by atoms with Gasteiger partial charge in [-0.25, -0.2) is 4.68 Å². The van der Waals surface area contributed by atoms with Crippen molar-refractivity contribution in [2.45, 2.75) is 75.0 Å². The fourth-order valence-electron chi connectivity index (χ4n) is 3.30. The molecule has 2 aliphatic carbocycles. The molecule has 2 saturated carbocycles. The number of tetrazole rings is 1. The van der Waals surface area contributed by atoms with Crippen molar-refractivity contribution < 1.29 is 4.79 Å². The van der Waals surface area contributed by atoms with Crippen LogP contribution in [0.15, 0.2) is 5.16 Å². The summed E-state index contributed by atoms with van der Waals surface area (Å²) in [7, 11) is 0. The summed E-state index contributed by atoms with van der Waals surface area (Å²) in [6.45, 7) is 0. The number of carbonyl (C=O) groups is 1. The molecule has 1 aromatic rings. The number of nitrogens with zero attached hydrogens (tertiary/aromatic N) is 4. The summed E-state index contributed by atoms with van der Waals surface area (Å²) in [5.41, 5.74) is 0. The third kappa shape index (κ3) is 3.96. The van der Waals surface area contributed by atoms with Crippen molar-refractivity contribution in [3.8, 4) is 0 Å². The highest BCUT2D eigenvalue weighted by atomic mass is 32.2. The van der Waals surface area contributed by atoms with Gasteiger partial charge in [0.05, 0.1) is 11.8 Å². The zero-order chi connectivity index (χ0) is 14.5. The summed E-state index contributed by atoms with van der Waals surface area (Å²) in [6, 6.07) is 0.793. The number of amides is 1. The maximum absolute atomic E-state index is 12.0. The van der Waals surface area contributed by atoms with Gasteiger partial charge in [0.15, 0.2) is 0 Å². The van der Waals surface area contributed by atoms with Gasteiger partial charge >= 0.3 is 0 Å². The fraction of sp³-hybridized carbons (Fsp3) is 0.857. The molecule has 0 atom stereocenters. The second-order valence-corrected chi connectivity index (χ2v) is 6.98. The van der Waals surface area contributed by atoms with Crippen LogP contribution in [0, 0.1) is 0 Å². The van der Waals surface area contributed by atoms with Crippen LogP contribution in [-0.2, 0) is 4.79 Å². The molecule has 0 spiro atoms. The Morgan fingerprint density at radius 1 is 1.14 bits per heavy atom. The van der Waals surface area contributed by atoms with Crippen LogP contribution in [0.5, 0.6) is 0 Å². The van der Waals surface area contributed by atoms with E-state index in [1.54, 1.807) is 0 Å². The van der Waals surface area contributed by atoms with Gasteiger partial charge in [-0.1, -0.05) is 43.9 Å². The molecule has 1 N–H and O–H groups in total. The molecule has 0 saturated heterocycles. The maximum Gasteiger partial charge on any atom is 0.230 e. The van der Waals surface area contributed by atoms with Crippen LogP contribution in [0.1, 0.15) is 63.8 Å². The molecule has 0 radical (unpaired) electrons. The Hall–Kier alpha value is -1.11. The van der Waals surface area contributed by atoms with E-state index in [-0.39, 0.29) is 5.91 Å². The molecule has 0 aromatic carbocycles. The van der Waals surface area contributed by atoms with Gasteiger partial charge in [0.25, 0.3) is 0 Å². The highest BCUT2D eigenvalue weighted by Crippen LogP contribution is 2.31. The molecular weight excluding hydrogens is 286 g/mol. The van der Waals surface area contributed by atoms with E-state index in [0.717, 1.165) is 30.8 Å². The third-order valence-corrected chi connectivity index (χ3v) is 5.37. The first-order valence-corrected chi connectivity index (χ1v) is 9.01. The van der Waals surface area contributed by atoms with Gasteiger partial charge in [-0.15, -0.1) is 5.10 Å². The standard InChI is InChI=1S/C14H23N5OS/c20-13(15-11-6-2-1-3-7-11)10-21-14-16-17-18-19(14)12-8-4-5-9-12/h11-12H,1-10H2,(H,15,20). The average Bonchev–Trinajstić information content (AvgIpc) is 3.17. The van der Waals surface area contributed by atoms with Crippen LogP contribution in [0.3, 0.4) is 0 Å². The zero-order valence-electron chi connectivity index (χ0n) is 12.3. The Morgan fingerprint density at radius 2 is 1.86 bits per heavy atom. The molecule has 3 rings (SSSR count). The van der Waals surface area contributed by atoms with E-state index in [4.69, 9.17) is 0 Å². The van der Waals surface area contributed by atoms with Crippen LogP contribution >= 0.6 is 11.8 Å². The lowest BCUT2D eigenvalue weighted by Gasteiger charge is -2.22. The SMILES string of the molecule is O=C(CSc1nnnn1C1CCCC1)NC1CCCCC1. The van der Waals surface area contributed by atoms with Crippen LogP contribution in [0.4, 0.5) is 0 Å². The third-order valence-electron chi connectivity index (χ3n) is 4.44. The van der Waals surface area contributed by atoms with Gasteiger partial charge in [0, 0.05) is 6.04 Å². The molecule has 1 aromatic heterocycles. The predicted octanol–water partition coefficient (Wildman–Crippen LogP) is 2.33. The molecule has 1 heterocycles. The largest absolute Gasteiger partial charge is 0.353 e. The lowest BCUT2D eigenvalue weighted by molar-refractivity contribution is -0.119. The summed E-state index contributed by atoms with van der Waals surface area (Å²) in [4.78, 5) is 12.0. The topological polar surface area (TPSA) is 72.7 Å². The number of aromatic nitrogens is 4. The minimum atomic E-state index is 0.105. The molecule has 1 amide bonds. The first-order valence-electron chi connectivity index (χ1n) is 8.03. The fourth-order valence-corrected chi connectivity index (χ4v) is 4.06. The normalized spacial score (nSPS) is 20.8. The van der Waals surface area contributed by atoms with Crippen molar-refractivity contribution in [3.63, 3.8) is 0 Å². The van der Waals surface area contributed by atoms with Crippen molar-refractivity contribution in [1.29, 1.82) is 0 Å². The Labute approximate surface area is 129 Å². The van der Waals surface area contributed by atoms with E-state index in [0.29, 0.717) is 17.8 Å². The summed E-state index contributed by atoms with van der Waals surface area (Å²) in [5, 5.41) is 15.8. The van der Waals surface area contributed by atoms with Gasteiger partial charge in [-0.3, -0.25) is 4.79 Å². The molecule has 2 aliphatic rings. The van der Waals surface area contributed by atoms with Crippen molar-refractivity contribution in [3.05, 3.63) is 0 Å². The molecule has 21 heavy (non-hydrogen) atoms. The molecule has 0 unspecified atom stereocenters. The highest BCUT2D eigenvalue weighted by molar-refractivity contribution is 7.99. The van der Waals surface area contributed by atoms with Crippen molar-refractivity contribution in [2.75, 3.05) is 5.75 Å². The van der Waals surface area contributed by atoms with Crippen molar-refractivity contribution in [2.24, 2.45) is 0 Å². The second kappa shape index (κ2) is 7.24. The molecule has 0 bridgehead atoms. The van der Waals surface area contributed by atoms with Gasteiger partial charge in [0.2, 0.25) is 11.1 Å². The monoisotopic (exact) mass is 309 g/mol. The van der Waals surface area contributed by atoms with Crippen LogP contribution in [0.25, 0.3) is 0 Å². The Morgan fingerprint density at radius 3 is 2.62 bits per heavy atom. The number of rotatable bonds is 5. The lowest BCUT2D eigenvalue weighted by atomic mass is 9.95. The van der Waals surface area contributed by atoms with Crippen LogP contribution in [-0.4, -0.2) is 37.9 Å². The van der Waals surface area contributed by atoms with E-state index >= 15 is 0 Å². The van der Waals surface area contributed by atoms with E-state index in [9.17, 15) is 4.79 Å². The van der Waals surface area contributed by atoms with E-state index < -0.39 is 0 Å². The average molecular weight is 309 g/mol. The molecule has 2 fully saturated rings. The number of thioether (sulfide) groups is 1. The predicted molar refractivity (Wildman–Crippen MR) is 81.1 cm³/mol. The molecule has 7 heteroatoms. The molecule has 6 nitrogen and oxygen atoms in total. The van der Waals surface area contributed by atoms with Crippen molar-refractivity contribution >= 4 is 17.7 Å². The van der Waals surface area contributed by atoms with Gasteiger partial charge in [-0.05, 0) is 36.1 Å². The van der Waals surface area contributed by atoms with Gasteiger partial charge in [-0.2, -0.15) is 0 Å². The number of hydrogen-bond donors (Lipinski definition) is 1. The second-order valence-electron chi connectivity index (χ2n) is 6.04. The van der Waals surface area contributed by atoms with Gasteiger partial charge in [0.1, 0.15) is 0 Å². The number of carbonyl (C=O) groups excluding carboxylic acids is 1. The highest BCUT2D eigenvalue weighted by Gasteiger charge is 2.22. The van der Waals surface area contributed by atoms with E-state index in [1.807, 2.05) is 4.68 Å². The molecule has 0 aliphatic heterocycles. The summed E-state index contributed by atoms with van der Waals surface area (Å²) in [6.07, 6.45) is 10.8. The maximum atomic E-state index is 12.0. The first kappa shape index (κ1) is 14.8.